The van der Waals surface area contributed by atoms with Gasteiger partial charge in [-0.3, -0.25) is 14.4 Å². The van der Waals surface area contributed by atoms with E-state index < -0.39 is 29.6 Å². The maximum absolute atomic E-state index is 13.0. The summed E-state index contributed by atoms with van der Waals surface area (Å²) in [5.74, 6) is -2.47. The van der Waals surface area contributed by atoms with Crippen molar-refractivity contribution in [2.45, 2.75) is 25.3 Å². The van der Waals surface area contributed by atoms with Crippen LogP contribution in [0.4, 0.5) is 0 Å². The van der Waals surface area contributed by atoms with E-state index in [1.165, 1.54) is 13.2 Å². The van der Waals surface area contributed by atoms with Crippen LogP contribution in [0.1, 0.15) is 28.8 Å². The number of methoxy groups -OCH3 is 1. The number of hydrogen-bond acceptors (Lipinski definition) is 7. The third kappa shape index (κ3) is 8.61. The average molecular weight is 526 g/mol. The maximum Gasteiger partial charge on any atom is 0.325 e. The van der Waals surface area contributed by atoms with Crippen molar-refractivity contribution in [3.63, 3.8) is 0 Å². The highest BCUT2D eigenvalue weighted by atomic mass is 35.5. The van der Waals surface area contributed by atoms with Crippen LogP contribution in [0, 0.1) is 0 Å². The molecule has 35 heavy (non-hydrogen) atoms. The van der Waals surface area contributed by atoms with Gasteiger partial charge in [0.2, 0.25) is 5.91 Å². The van der Waals surface area contributed by atoms with Crippen LogP contribution >= 0.6 is 23.2 Å². The molecular formula is C24H29Cl2N3O6. The van der Waals surface area contributed by atoms with Gasteiger partial charge in [0.1, 0.15) is 17.6 Å². The molecule has 2 rings (SSSR count). The van der Waals surface area contributed by atoms with Gasteiger partial charge in [-0.25, -0.2) is 0 Å². The fourth-order valence-corrected chi connectivity index (χ4v) is 3.69. The number of hydrogen-bond donors (Lipinski definition) is 4. The van der Waals surface area contributed by atoms with E-state index in [-0.39, 0.29) is 34.3 Å². The molecule has 0 aliphatic rings. The Morgan fingerprint density at radius 2 is 1.83 bits per heavy atom. The normalized spacial score (nSPS) is 11.4. The third-order valence-electron chi connectivity index (χ3n) is 5.00. The fourth-order valence-electron chi connectivity index (χ4n) is 3.12. The van der Waals surface area contributed by atoms with Gasteiger partial charge in [0.25, 0.3) is 5.91 Å². The average Bonchev–Trinajstić information content (AvgIpc) is 2.86. The molecule has 1 atom stereocenters. The van der Waals surface area contributed by atoms with Crippen LogP contribution < -0.4 is 20.7 Å². The molecule has 0 fully saturated rings. The van der Waals surface area contributed by atoms with Gasteiger partial charge >= 0.3 is 5.97 Å². The zero-order chi connectivity index (χ0) is 25.8. The molecule has 4 N–H and O–H groups in total. The molecule has 1 unspecified atom stereocenters. The molecule has 9 nitrogen and oxygen atoms in total. The molecule has 0 radical (unpaired) electrons. The number of nitrogens with one attached hydrogen (secondary N) is 3. The summed E-state index contributed by atoms with van der Waals surface area (Å²) in [5.41, 5.74) is 0.551. The first-order valence-electron chi connectivity index (χ1n) is 11.0. The molecule has 2 aromatic rings. The number of benzene rings is 2. The summed E-state index contributed by atoms with van der Waals surface area (Å²) in [7, 11) is 3.05. The Labute approximate surface area is 214 Å². The summed E-state index contributed by atoms with van der Waals surface area (Å²) in [6.07, 6.45) is 1.74. The van der Waals surface area contributed by atoms with Crippen molar-refractivity contribution in [2.24, 2.45) is 0 Å². The van der Waals surface area contributed by atoms with Crippen LogP contribution in [0.15, 0.2) is 36.4 Å². The number of rotatable bonds is 13. The van der Waals surface area contributed by atoms with Crippen molar-refractivity contribution < 1.29 is 29.0 Å². The third-order valence-corrected chi connectivity index (χ3v) is 5.63. The number of carbonyl (C=O) groups excluding carboxylic acids is 3. The van der Waals surface area contributed by atoms with Crippen molar-refractivity contribution >= 4 is 41.0 Å². The lowest BCUT2D eigenvalue weighted by atomic mass is 10.0. The molecule has 0 saturated heterocycles. The van der Waals surface area contributed by atoms with Gasteiger partial charge in [0.05, 0.1) is 24.3 Å². The Morgan fingerprint density at radius 1 is 1.11 bits per heavy atom. The second-order valence-electron chi connectivity index (χ2n) is 7.57. The number of esters is 1. The molecule has 0 bridgehead atoms. The minimum Gasteiger partial charge on any atom is -0.505 e. The number of halogens is 2. The SMILES string of the molecule is CNCCCCOc1c(Cl)cc(C(=O)NC(Cc2ccccc2)C(=O)NCC(=O)OC)c(O)c1Cl. The summed E-state index contributed by atoms with van der Waals surface area (Å²) >= 11 is 12.5. The number of carbonyl (C=O) groups is 3. The van der Waals surface area contributed by atoms with E-state index in [9.17, 15) is 19.5 Å². The molecule has 0 aliphatic heterocycles. The lowest BCUT2D eigenvalue weighted by molar-refractivity contribution is -0.141. The molecule has 0 heterocycles. The van der Waals surface area contributed by atoms with Crippen molar-refractivity contribution in [3.8, 4) is 11.5 Å². The lowest BCUT2D eigenvalue weighted by Gasteiger charge is -2.20. The van der Waals surface area contributed by atoms with Crippen molar-refractivity contribution in [1.29, 1.82) is 0 Å². The zero-order valence-corrected chi connectivity index (χ0v) is 21.0. The predicted molar refractivity (Wildman–Crippen MR) is 133 cm³/mol. The van der Waals surface area contributed by atoms with Crippen LogP contribution in [0.3, 0.4) is 0 Å². The molecule has 190 valence electrons. The van der Waals surface area contributed by atoms with Crippen LogP contribution in [-0.2, 0) is 20.7 Å². The molecule has 0 saturated carbocycles. The van der Waals surface area contributed by atoms with E-state index in [0.29, 0.717) is 6.61 Å². The molecular weight excluding hydrogens is 497 g/mol. The molecule has 2 amide bonds. The number of phenols is 1. The van der Waals surface area contributed by atoms with Crippen molar-refractivity contribution in [3.05, 3.63) is 57.6 Å². The number of amides is 2. The Balaban J connectivity index is 2.19. The second-order valence-corrected chi connectivity index (χ2v) is 8.35. The molecule has 0 spiro atoms. The largest absolute Gasteiger partial charge is 0.505 e. The smallest absolute Gasteiger partial charge is 0.325 e. The molecule has 0 aliphatic carbocycles. The topological polar surface area (TPSA) is 126 Å². The van der Waals surface area contributed by atoms with E-state index in [1.807, 2.05) is 13.1 Å². The van der Waals surface area contributed by atoms with E-state index in [1.54, 1.807) is 24.3 Å². The number of ether oxygens (including phenoxy) is 2. The summed E-state index contributed by atoms with van der Waals surface area (Å²) in [6, 6.07) is 9.16. The zero-order valence-electron chi connectivity index (χ0n) is 19.5. The number of unbranched alkanes of at least 4 members (excludes halogenated alkanes) is 1. The highest BCUT2D eigenvalue weighted by Crippen LogP contribution is 2.42. The van der Waals surface area contributed by atoms with Gasteiger partial charge in [0.15, 0.2) is 11.5 Å². The summed E-state index contributed by atoms with van der Waals surface area (Å²) < 4.78 is 10.1. The number of phenolic OH excluding ortho intramolecular Hbond substituents is 1. The first-order valence-corrected chi connectivity index (χ1v) is 11.7. The minimum atomic E-state index is -1.06. The summed E-state index contributed by atoms with van der Waals surface area (Å²) in [6.45, 7) is 0.790. The van der Waals surface area contributed by atoms with Gasteiger partial charge in [0, 0.05) is 6.42 Å². The monoisotopic (exact) mass is 525 g/mol. The standard InChI is InChI=1S/C24H29Cl2N3O6/c1-27-10-6-7-11-35-22-17(25)13-16(21(31)20(22)26)23(32)29-18(12-15-8-4-3-5-9-15)24(33)28-14-19(30)34-2/h3-5,8-9,13,18,27,31H,6-7,10-12,14H2,1-2H3,(H,28,33)(H,29,32). The molecule has 2 aromatic carbocycles. The van der Waals surface area contributed by atoms with Gasteiger partial charge in [-0.2, -0.15) is 0 Å². The summed E-state index contributed by atoms with van der Waals surface area (Å²) in [5, 5.41) is 18.4. The first-order chi connectivity index (χ1) is 16.8. The maximum atomic E-state index is 13.0. The Hall–Kier alpha value is -3.01. The van der Waals surface area contributed by atoms with Gasteiger partial charge < -0.3 is 30.5 Å². The predicted octanol–water partition coefficient (Wildman–Crippen LogP) is 2.71. The molecule has 11 heteroatoms. The van der Waals surface area contributed by atoms with Crippen LogP contribution in [0.2, 0.25) is 10.0 Å². The van der Waals surface area contributed by atoms with Crippen LogP contribution in [0.5, 0.6) is 11.5 Å². The van der Waals surface area contributed by atoms with Crippen molar-refractivity contribution in [2.75, 3.05) is 33.9 Å². The number of aromatic hydroxyl groups is 1. The van der Waals surface area contributed by atoms with E-state index in [4.69, 9.17) is 27.9 Å². The van der Waals surface area contributed by atoms with Crippen LogP contribution in [-0.4, -0.2) is 62.8 Å². The van der Waals surface area contributed by atoms with E-state index in [2.05, 4.69) is 20.7 Å². The fraction of sp³-hybridized carbons (Fsp3) is 0.375. The lowest BCUT2D eigenvalue weighted by Crippen LogP contribution is -2.49. The summed E-state index contributed by atoms with van der Waals surface area (Å²) in [4.78, 5) is 37.2. The first kappa shape index (κ1) is 28.2. The second kappa shape index (κ2) is 14.4. The quantitative estimate of drug-likeness (QED) is 0.234. The van der Waals surface area contributed by atoms with E-state index >= 15 is 0 Å². The Morgan fingerprint density at radius 3 is 2.49 bits per heavy atom. The Kier molecular flexibility index (Phi) is 11.6. The van der Waals surface area contributed by atoms with Gasteiger partial charge in [-0.1, -0.05) is 53.5 Å². The van der Waals surface area contributed by atoms with E-state index in [0.717, 1.165) is 24.9 Å². The minimum absolute atomic E-state index is 0.0429. The highest BCUT2D eigenvalue weighted by molar-refractivity contribution is 6.39. The van der Waals surface area contributed by atoms with Gasteiger partial charge in [-0.05, 0) is 38.1 Å². The highest BCUT2D eigenvalue weighted by Gasteiger charge is 2.26. The van der Waals surface area contributed by atoms with Gasteiger partial charge in [-0.15, -0.1) is 0 Å². The molecule has 0 aromatic heterocycles. The Bertz CT molecular complexity index is 1020. The van der Waals surface area contributed by atoms with Crippen LogP contribution in [0.25, 0.3) is 0 Å². The van der Waals surface area contributed by atoms with Crippen molar-refractivity contribution in [1.82, 2.24) is 16.0 Å².